The van der Waals surface area contributed by atoms with E-state index in [-0.39, 0.29) is 5.70 Å². The first-order valence-corrected chi connectivity index (χ1v) is 7.76. The molecule has 0 aromatic rings. The van der Waals surface area contributed by atoms with Crippen LogP contribution in [0.15, 0.2) is 103 Å². The van der Waals surface area contributed by atoms with E-state index in [1.165, 1.54) is 43.5 Å². The average Bonchev–Trinajstić information content (AvgIpc) is 2.65. The molecule has 0 aromatic heterocycles. The lowest BCUT2D eigenvalue weighted by Crippen LogP contribution is -2.12. The highest BCUT2D eigenvalue weighted by molar-refractivity contribution is 6.18. The largest absolute Gasteiger partial charge is 0.364 e. The van der Waals surface area contributed by atoms with Gasteiger partial charge in [0.15, 0.2) is 0 Å². The molecule has 8 nitrogen and oxygen atoms in total. The Kier molecular flexibility index (Phi) is 12.0. The van der Waals surface area contributed by atoms with Crippen LogP contribution in [0.5, 0.6) is 0 Å². The SMILES string of the molecule is NC(=O)C1=CN=CC=NC=CC=CC=NC=CC=CC=NC=CN=CC=N1. The fourth-order valence-electron chi connectivity index (χ4n) is 1.30. The Balaban J connectivity index is 2.88. The topological polar surface area (TPSA) is 117 Å². The second-order valence-electron chi connectivity index (χ2n) is 4.40. The van der Waals surface area contributed by atoms with Crippen LogP contribution in [-0.2, 0) is 4.79 Å². The summed E-state index contributed by atoms with van der Waals surface area (Å²) in [5.41, 5.74) is 5.21. The number of allylic oxidation sites excluding steroid dienone is 6. The van der Waals surface area contributed by atoms with Gasteiger partial charge in [-0.15, -0.1) is 0 Å². The van der Waals surface area contributed by atoms with Crippen LogP contribution in [-0.4, -0.2) is 43.2 Å². The summed E-state index contributed by atoms with van der Waals surface area (Å²) in [5.74, 6) is -0.706. The average molecular weight is 361 g/mol. The van der Waals surface area contributed by atoms with Gasteiger partial charge >= 0.3 is 0 Å². The summed E-state index contributed by atoms with van der Waals surface area (Å²) in [5, 5.41) is 0. The van der Waals surface area contributed by atoms with E-state index >= 15 is 0 Å². The van der Waals surface area contributed by atoms with Gasteiger partial charge < -0.3 is 5.73 Å². The van der Waals surface area contributed by atoms with Crippen LogP contribution >= 0.6 is 0 Å². The molecule has 1 aliphatic heterocycles. The molecule has 0 aromatic carbocycles. The van der Waals surface area contributed by atoms with E-state index in [0.717, 1.165) is 0 Å². The predicted molar refractivity (Wildman–Crippen MR) is 114 cm³/mol. The minimum Gasteiger partial charge on any atom is -0.364 e. The maximum absolute atomic E-state index is 11.3. The zero-order valence-electron chi connectivity index (χ0n) is 14.5. The smallest absolute Gasteiger partial charge is 0.268 e. The van der Waals surface area contributed by atoms with Gasteiger partial charge in [-0.2, -0.15) is 0 Å². The minimum absolute atomic E-state index is 0.0153. The molecule has 0 unspecified atom stereocenters. The van der Waals surface area contributed by atoms with E-state index in [1.807, 2.05) is 0 Å². The highest BCUT2D eigenvalue weighted by Crippen LogP contribution is 1.94. The van der Waals surface area contributed by atoms with Gasteiger partial charge in [-0.1, -0.05) is 12.2 Å². The fourth-order valence-corrected chi connectivity index (χ4v) is 1.30. The Bertz CT molecular complexity index is 817. The molecule has 136 valence electrons. The third-order valence-electron chi connectivity index (χ3n) is 2.43. The number of carbonyl (C=O) groups excluding carboxylic acids is 1. The van der Waals surface area contributed by atoms with Crippen LogP contribution in [0.2, 0.25) is 0 Å². The van der Waals surface area contributed by atoms with E-state index in [4.69, 9.17) is 5.73 Å². The standard InChI is InChI=1S/C19H19N7O/c20-19(27)18-17-25-14-13-23-10-6-2-4-8-21-7-3-1-5-9-22-11-12-24-15-16-26-18/h1-17H,(H2,20,27). The van der Waals surface area contributed by atoms with Gasteiger partial charge in [-0.25, -0.2) is 4.99 Å². The van der Waals surface area contributed by atoms with Crippen LogP contribution in [0.25, 0.3) is 0 Å². The number of carbonyl (C=O) groups is 1. The van der Waals surface area contributed by atoms with Crippen LogP contribution in [0, 0.1) is 0 Å². The van der Waals surface area contributed by atoms with Crippen molar-refractivity contribution in [1.82, 2.24) is 0 Å². The van der Waals surface area contributed by atoms with Crippen molar-refractivity contribution in [1.29, 1.82) is 0 Å². The highest BCUT2D eigenvalue weighted by Gasteiger charge is 1.99. The summed E-state index contributed by atoms with van der Waals surface area (Å²) in [6.07, 6.45) is 26.8. The number of amides is 1. The van der Waals surface area contributed by atoms with Crippen LogP contribution < -0.4 is 5.73 Å². The van der Waals surface area contributed by atoms with E-state index in [0.29, 0.717) is 0 Å². The Morgan fingerprint density at radius 3 is 1.78 bits per heavy atom. The van der Waals surface area contributed by atoms with E-state index in [2.05, 4.69) is 30.0 Å². The number of rotatable bonds is 1. The van der Waals surface area contributed by atoms with Gasteiger partial charge in [-0.3, -0.25) is 29.8 Å². The van der Waals surface area contributed by atoms with Gasteiger partial charge in [0, 0.05) is 62.1 Å². The maximum atomic E-state index is 11.3. The third kappa shape index (κ3) is 13.0. The molecular formula is C19H19N7O. The van der Waals surface area contributed by atoms with Crippen molar-refractivity contribution in [3.63, 3.8) is 0 Å². The molecule has 0 bridgehead atoms. The molecule has 8 heteroatoms. The van der Waals surface area contributed by atoms with E-state index in [9.17, 15) is 4.79 Å². The van der Waals surface area contributed by atoms with Crippen LogP contribution in [0.1, 0.15) is 0 Å². The lowest BCUT2D eigenvalue weighted by molar-refractivity contribution is -0.114. The molecule has 1 heterocycles. The molecule has 0 atom stereocenters. The molecule has 0 saturated heterocycles. The van der Waals surface area contributed by atoms with Crippen molar-refractivity contribution in [2.45, 2.75) is 0 Å². The summed E-state index contributed by atoms with van der Waals surface area (Å²) in [6.45, 7) is 0. The Morgan fingerprint density at radius 2 is 1.11 bits per heavy atom. The molecule has 0 aliphatic carbocycles. The monoisotopic (exact) mass is 361 g/mol. The van der Waals surface area contributed by atoms with Gasteiger partial charge in [0.25, 0.3) is 5.91 Å². The van der Waals surface area contributed by atoms with Gasteiger partial charge in [0.05, 0.1) is 6.20 Å². The quantitative estimate of drug-likeness (QED) is 0.758. The van der Waals surface area contributed by atoms with Crippen LogP contribution in [0.3, 0.4) is 0 Å². The zero-order chi connectivity index (χ0) is 19.4. The van der Waals surface area contributed by atoms with Crippen LogP contribution in [0.4, 0.5) is 0 Å². The van der Waals surface area contributed by atoms with Crippen molar-refractivity contribution in [3.8, 4) is 0 Å². The summed E-state index contributed by atoms with van der Waals surface area (Å²) in [7, 11) is 0. The molecule has 0 spiro atoms. The predicted octanol–water partition coefficient (Wildman–Crippen LogP) is 2.36. The van der Waals surface area contributed by atoms with Gasteiger partial charge in [0.1, 0.15) is 5.70 Å². The number of primary amides is 1. The molecule has 0 fully saturated rings. The first-order valence-electron chi connectivity index (χ1n) is 7.76. The number of nitrogens with zero attached hydrogens (tertiary/aromatic N) is 6. The molecule has 0 saturated carbocycles. The lowest BCUT2D eigenvalue weighted by Gasteiger charge is -1.90. The number of aliphatic imine (C=N–C) groups is 6. The Labute approximate surface area is 157 Å². The minimum atomic E-state index is -0.706. The Morgan fingerprint density at radius 1 is 0.593 bits per heavy atom. The van der Waals surface area contributed by atoms with Crippen molar-refractivity contribution in [2.75, 3.05) is 0 Å². The number of hydrogen-bond acceptors (Lipinski definition) is 7. The number of hydrogen-bond donors (Lipinski definition) is 1. The van der Waals surface area contributed by atoms with Crippen molar-refractivity contribution < 1.29 is 4.79 Å². The fraction of sp³-hybridized carbons (Fsp3) is 0. The van der Waals surface area contributed by atoms with Crippen molar-refractivity contribution in [3.05, 3.63) is 73.2 Å². The normalized spacial score (nSPS) is 15.8. The summed E-state index contributed by atoms with van der Waals surface area (Å²) in [4.78, 5) is 35.0. The molecule has 1 aliphatic rings. The van der Waals surface area contributed by atoms with Crippen molar-refractivity contribution >= 4 is 43.2 Å². The lowest BCUT2D eigenvalue weighted by atomic mass is 10.4. The third-order valence-corrected chi connectivity index (χ3v) is 2.43. The number of nitrogens with two attached hydrogens (primary N) is 1. The molecule has 1 amide bonds. The summed E-state index contributed by atoms with van der Waals surface area (Å²) < 4.78 is 0. The first-order chi connectivity index (χ1) is 13.3. The molecular weight excluding hydrogens is 342 g/mol. The first kappa shape index (κ1) is 21.0. The second kappa shape index (κ2) is 15.5. The molecule has 0 radical (unpaired) electrons. The Hall–Kier alpha value is -4.07. The van der Waals surface area contributed by atoms with Gasteiger partial charge in [0.2, 0.25) is 0 Å². The maximum Gasteiger partial charge on any atom is 0.268 e. The van der Waals surface area contributed by atoms with Gasteiger partial charge in [-0.05, 0) is 24.3 Å². The van der Waals surface area contributed by atoms with E-state index in [1.54, 1.807) is 61.3 Å². The summed E-state index contributed by atoms with van der Waals surface area (Å²) in [6, 6.07) is 0. The molecule has 1 rings (SSSR count). The van der Waals surface area contributed by atoms with Crippen molar-refractivity contribution in [2.24, 2.45) is 35.7 Å². The van der Waals surface area contributed by atoms with E-state index < -0.39 is 5.91 Å². The zero-order valence-corrected chi connectivity index (χ0v) is 14.5. The summed E-state index contributed by atoms with van der Waals surface area (Å²) >= 11 is 0. The molecule has 27 heavy (non-hydrogen) atoms. The second-order valence-corrected chi connectivity index (χ2v) is 4.40. The molecule has 2 N–H and O–H groups in total. The highest BCUT2D eigenvalue weighted by atomic mass is 16.1.